The number of hydrazine groups is 1. The van der Waals surface area contributed by atoms with Crippen LogP contribution in [0.25, 0.3) is 0 Å². The van der Waals surface area contributed by atoms with Crippen molar-refractivity contribution >= 4 is 38.9 Å². The Morgan fingerprint density at radius 3 is 2.36 bits per heavy atom. The van der Waals surface area contributed by atoms with Crippen molar-refractivity contribution in [2.45, 2.75) is 6.92 Å². The maximum Gasteiger partial charge on any atom is 0.259 e. The third kappa shape index (κ3) is 5.82. The van der Waals surface area contributed by atoms with Gasteiger partial charge in [0, 0.05) is 6.54 Å². The van der Waals surface area contributed by atoms with E-state index in [0.29, 0.717) is 6.54 Å². The minimum absolute atomic E-state index is 0.188. The van der Waals surface area contributed by atoms with E-state index >= 15 is 0 Å². The second kappa shape index (κ2) is 7.90. The second-order valence-corrected chi connectivity index (χ2v) is 6.59. The van der Waals surface area contributed by atoms with E-state index in [4.69, 9.17) is 12.2 Å². The molecule has 0 spiro atoms. The molecule has 0 aliphatic heterocycles. The Labute approximate surface area is 133 Å². The third-order valence-corrected chi connectivity index (χ3v) is 3.84. The van der Waals surface area contributed by atoms with Crippen LogP contribution in [0, 0.1) is 5.82 Å². The molecule has 10 heteroatoms. The van der Waals surface area contributed by atoms with E-state index in [1.807, 2.05) is 6.92 Å². The molecule has 0 heterocycles. The SMILES string of the molecule is CCNC(=S)NNC(=O)CN(c1ccc(F)cc1)S(C)(=O)=O. The van der Waals surface area contributed by atoms with E-state index in [1.54, 1.807) is 0 Å². The zero-order valence-corrected chi connectivity index (χ0v) is 13.7. The van der Waals surface area contributed by atoms with Gasteiger partial charge in [-0.1, -0.05) is 0 Å². The minimum Gasteiger partial charge on any atom is -0.362 e. The molecule has 0 bridgehead atoms. The highest BCUT2D eigenvalue weighted by Gasteiger charge is 2.20. The smallest absolute Gasteiger partial charge is 0.259 e. The number of rotatable bonds is 5. The summed E-state index contributed by atoms with van der Waals surface area (Å²) in [5.41, 5.74) is 4.91. The summed E-state index contributed by atoms with van der Waals surface area (Å²) in [5, 5.41) is 2.97. The van der Waals surface area contributed by atoms with Crippen LogP contribution in [0.15, 0.2) is 24.3 Å². The number of nitrogens with zero attached hydrogens (tertiary/aromatic N) is 1. The summed E-state index contributed by atoms with van der Waals surface area (Å²) in [5.74, 6) is -1.12. The number of amides is 1. The van der Waals surface area contributed by atoms with Crippen LogP contribution >= 0.6 is 12.2 Å². The zero-order valence-electron chi connectivity index (χ0n) is 12.1. The molecule has 0 aliphatic carbocycles. The summed E-state index contributed by atoms with van der Waals surface area (Å²) in [6, 6.07) is 4.79. The van der Waals surface area contributed by atoms with Gasteiger partial charge in [-0.2, -0.15) is 0 Å². The lowest BCUT2D eigenvalue weighted by Gasteiger charge is -2.22. The maximum atomic E-state index is 12.9. The fraction of sp³-hybridized carbons (Fsp3) is 0.333. The number of hydrogen-bond donors (Lipinski definition) is 3. The number of nitrogens with one attached hydrogen (secondary N) is 3. The number of carbonyl (C=O) groups is 1. The van der Waals surface area contributed by atoms with Crippen LogP contribution in [0.4, 0.5) is 10.1 Å². The first-order valence-electron chi connectivity index (χ1n) is 6.30. The van der Waals surface area contributed by atoms with Gasteiger partial charge >= 0.3 is 0 Å². The van der Waals surface area contributed by atoms with Gasteiger partial charge in [0.15, 0.2) is 5.11 Å². The predicted molar refractivity (Wildman–Crippen MR) is 86.1 cm³/mol. The molecule has 7 nitrogen and oxygen atoms in total. The van der Waals surface area contributed by atoms with Crippen molar-refractivity contribution in [3.8, 4) is 0 Å². The zero-order chi connectivity index (χ0) is 16.8. The molecule has 0 fully saturated rings. The fourth-order valence-electron chi connectivity index (χ4n) is 1.51. The highest BCUT2D eigenvalue weighted by molar-refractivity contribution is 7.92. The predicted octanol–water partition coefficient (Wildman–Crippen LogP) is 0.107. The molecule has 1 rings (SSSR count). The van der Waals surface area contributed by atoms with Gasteiger partial charge in [-0.3, -0.25) is 20.0 Å². The molecular weight excluding hydrogens is 331 g/mol. The standard InChI is InChI=1S/C12H17FN4O3S2/c1-3-14-12(21)16-15-11(18)8-17(22(2,19)20)10-6-4-9(13)5-7-10/h4-7H,3,8H2,1-2H3,(H,15,18)(H2,14,16,21). The summed E-state index contributed by atoms with van der Waals surface area (Å²) in [7, 11) is -3.70. The van der Waals surface area contributed by atoms with Crippen molar-refractivity contribution in [2.75, 3.05) is 23.7 Å². The number of sulfonamides is 1. The first kappa shape index (κ1) is 18.1. The van der Waals surface area contributed by atoms with Crippen LogP contribution in [-0.4, -0.2) is 38.8 Å². The van der Waals surface area contributed by atoms with E-state index < -0.39 is 28.3 Å². The summed E-state index contributed by atoms with van der Waals surface area (Å²) in [6.07, 6.45) is 0.959. The lowest BCUT2D eigenvalue weighted by molar-refractivity contribution is -0.120. The Morgan fingerprint density at radius 2 is 1.86 bits per heavy atom. The Kier molecular flexibility index (Phi) is 6.50. The van der Waals surface area contributed by atoms with Crippen LogP contribution < -0.4 is 20.5 Å². The Bertz CT molecular complexity index is 634. The summed E-state index contributed by atoms with van der Waals surface area (Å²) >= 11 is 4.86. The third-order valence-electron chi connectivity index (χ3n) is 2.45. The minimum atomic E-state index is -3.70. The van der Waals surface area contributed by atoms with E-state index in [-0.39, 0.29) is 10.8 Å². The average molecular weight is 348 g/mol. The highest BCUT2D eigenvalue weighted by atomic mass is 32.2. The van der Waals surface area contributed by atoms with Gasteiger partial charge in [-0.05, 0) is 43.4 Å². The lowest BCUT2D eigenvalue weighted by atomic mass is 10.3. The van der Waals surface area contributed by atoms with Crippen molar-refractivity contribution in [1.29, 1.82) is 0 Å². The molecule has 1 aromatic rings. The van der Waals surface area contributed by atoms with Gasteiger partial charge in [0.05, 0.1) is 11.9 Å². The van der Waals surface area contributed by atoms with Crippen molar-refractivity contribution in [1.82, 2.24) is 16.2 Å². The summed E-state index contributed by atoms with van der Waals surface area (Å²) in [6.45, 7) is 1.94. The molecule has 0 aliphatic rings. The molecule has 0 aromatic heterocycles. The molecule has 0 atom stereocenters. The largest absolute Gasteiger partial charge is 0.362 e. The van der Waals surface area contributed by atoms with Crippen molar-refractivity contribution < 1.29 is 17.6 Å². The van der Waals surface area contributed by atoms with Crippen LogP contribution in [0.1, 0.15) is 6.92 Å². The Hall–Kier alpha value is -1.94. The van der Waals surface area contributed by atoms with Gasteiger partial charge in [-0.15, -0.1) is 0 Å². The lowest BCUT2D eigenvalue weighted by Crippen LogP contribution is -2.50. The molecule has 0 radical (unpaired) electrons. The molecule has 22 heavy (non-hydrogen) atoms. The van der Waals surface area contributed by atoms with Gasteiger partial charge in [-0.25, -0.2) is 12.8 Å². The molecule has 3 N–H and O–H groups in total. The van der Waals surface area contributed by atoms with Crippen LogP contribution in [-0.2, 0) is 14.8 Å². The van der Waals surface area contributed by atoms with E-state index in [2.05, 4.69) is 16.2 Å². The van der Waals surface area contributed by atoms with Gasteiger partial charge in [0.25, 0.3) is 5.91 Å². The van der Waals surface area contributed by atoms with Gasteiger partial charge in [0.1, 0.15) is 12.4 Å². The normalized spacial score (nSPS) is 10.7. The van der Waals surface area contributed by atoms with Crippen molar-refractivity contribution in [2.24, 2.45) is 0 Å². The Balaban J connectivity index is 2.77. The molecule has 122 valence electrons. The van der Waals surface area contributed by atoms with Crippen LogP contribution in [0.3, 0.4) is 0 Å². The number of hydrogen-bond acceptors (Lipinski definition) is 4. The average Bonchev–Trinajstić information content (AvgIpc) is 2.43. The van der Waals surface area contributed by atoms with E-state index in [0.717, 1.165) is 22.7 Å². The first-order chi connectivity index (χ1) is 10.2. The maximum absolute atomic E-state index is 12.9. The fourth-order valence-corrected chi connectivity index (χ4v) is 2.56. The second-order valence-electron chi connectivity index (χ2n) is 4.28. The van der Waals surface area contributed by atoms with Crippen molar-refractivity contribution in [3.05, 3.63) is 30.1 Å². The molecule has 1 amide bonds. The topological polar surface area (TPSA) is 90.5 Å². The van der Waals surface area contributed by atoms with Crippen LogP contribution in [0.2, 0.25) is 0 Å². The van der Waals surface area contributed by atoms with Gasteiger partial charge in [0.2, 0.25) is 10.0 Å². The molecular formula is C12H17FN4O3S2. The Morgan fingerprint density at radius 1 is 1.27 bits per heavy atom. The van der Waals surface area contributed by atoms with E-state index in [1.165, 1.54) is 12.1 Å². The first-order valence-corrected chi connectivity index (χ1v) is 8.55. The molecule has 0 saturated heterocycles. The molecule has 0 saturated carbocycles. The summed E-state index contributed by atoms with van der Waals surface area (Å²) < 4.78 is 37.3. The number of carbonyl (C=O) groups excluding carboxylic acids is 1. The summed E-state index contributed by atoms with van der Waals surface area (Å²) in [4.78, 5) is 11.8. The number of halogens is 1. The number of benzene rings is 1. The highest BCUT2D eigenvalue weighted by Crippen LogP contribution is 2.17. The van der Waals surface area contributed by atoms with Crippen LogP contribution in [0.5, 0.6) is 0 Å². The van der Waals surface area contributed by atoms with Gasteiger partial charge < -0.3 is 5.32 Å². The molecule has 1 aromatic carbocycles. The number of anilines is 1. The van der Waals surface area contributed by atoms with Crippen molar-refractivity contribution in [3.63, 3.8) is 0 Å². The number of thiocarbonyl (C=S) groups is 1. The monoisotopic (exact) mass is 348 g/mol. The van der Waals surface area contributed by atoms with E-state index in [9.17, 15) is 17.6 Å². The quantitative estimate of drug-likeness (QED) is 0.517. The molecule has 0 unspecified atom stereocenters.